The number of allylic oxidation sites excluding steroid dienone is 1. The standard InChI is InChI=1S/C15H20O.C4H10/c1-15(10-3-2-4-11-15)12-9-13-5-7-14(16)8-6-13;1-4(2)3/h5-9,12,16H,2-4,10-11H2,1H3;4H,1-3H3/b12-9+;. The van der Waals surface area contributed by atoms with E-state index in [1.807, 2.05) is 12.1 Å². The summed E-state index contributed by atoms with van der Waals surface area (Å²) in [6.07, 6.45) is 11.3. The van der Waals surface area contributed by atoms with Gasteiger partial charge in [-0.25, -0.2) is 0 Å². The minimum absolute atomic E-state index is 0.334. The van der Waals surface area contributed by atoms with E-state index in [1.165, 1.54) is 37.7 Å². The number of phenolic OH excluding ortho intramolecular Hbond substituents is 1. The van der Waals surface area contributed by atoms with Gasteiger partial charge in [0.2, 0.25) is 0 Å². The Kier molecular flexibility index (Phi) is 6.84. The molecule has 0 spiro atoms. The van der Waals surface area contributed by atoms with Crippen LogP contribution in [0.5, 0.6) is 5.75 Å². The zero-order chi connectivity index (χ0) is 15.0. The molecular formula is C19H30O. The maximum absolute atomic E-state index is 9.20. The van der Waals surface area contributed by atoms with Crippen LogP contribution in [0.15, 0.2) is 30.3 Å². The average molecular weight is 274 g/mol. The molecule has 0 atom stereocenters. The Hall–Kier alpha value is -1.24. The molecular weight excluding hydrogens is 244 g/mol. The van der Waals surface area contributed by atoms with Crippen molar-refractivity contribution in [3.8, 4) is 5.75 Å². The third kappa shape index (κ3) is 6.79. The molecule has 1 aliphatic carbocycles. The Labute approximate surface area is 124 Å². The lowest BCUT2D eigenvalue weighted by molar-refractivity contribution is 0.287. The van der Waals surface area contributed by atoms with Crippen molar-refractivity contribution in [2.75, 3.05) is 0 Å². The van der Waals surface area contributed by atoms with E-state index in [0.717, 1.165) is 5.92 Å². The van der Waals surface area contributed by atoms with Gasteiger partial charge in [-0.05, 0) is 41.9 Å². The molecule has 1 N–H and O–H groups in total. The van der Waals surface area contributed by atoms with Crippen LogP contribution in [-0.4, -0.2) is 5.11 Å². The van der Waals surface area contributed by atoms with E-state index in [2.05, 4.69) is 39.8 Å². The highest BCUT2D eigenvalue weighted by Gasteiger charge is 2.23. The second-order valence-electron chi connectivity index (χ2n) is 6.87. The minimum atomic E-state index is 0.334. The molecule has 0 saturated heterocycles. The van der Waals surface area contributed by atoms with Gasteiger partial charge in [-0.3, -0.25) is 0 Å². The quantitative estimate of drug-likeness (QED) is 0.697. The Morgan fingerprint density at radius 2 is 1.50 bits per heavy atom. The van der Waals surface area contributed by atoms with Gasteiger partial charge < -0.3 is 5.11 Å². The fraction of sp³-hybridized carbons (Fsp3) is 0.579. The molecule has 1 saturated carbocycles. The zero-order valence-corrected chi connectivity index (χ0v) is 13.5. The molecule has 1 heteroatoms. The van der Waals surface area contributed by atoms with Crippen LogP contribution < -0.4 is 0 Å². The van der Waals surface area contributed by atoms with Gasteiger partial charge in [0.15, 0.2) is 0 Å². The molecule has 0 amide bonds. The predicted molar refractivity (Wildman–Crippen MR) is 88.8 cm³/mol. The average Bonchev–Trinajstić information content (AvgIpc) is 2.38. The normalized spacial score (nSPS) is 17.9. The Bertz CT molecular complexity index is 392. The Balaban J connectivity index is 0.000000444. The van der Waals surface area contributed by atoms with Gasteiger partial charge in [-0.1, -0.05) is 71.2 Å². The van der Waals surface area contributed by atoms with Crippen molar-refractivity contribution in [3.63, 3.8) is 0 Å². The molecule has 112 valence electrons. The van der Waals surface area contributed by atoms with E-state index in [-0.39, 0.29) is 0 Å². The summed E-state index contributed by atoms with van der Waals surface area (Å²) >= 11 is 0. The van der Waals surface area contributed by atoms with Crippen molar-refractivity contribution in [3.05, 3.63) is 35.9 Å². The summed E-state index contributed by atoms with van der Waals surface area (Å²) in [6, 6.07) is 7.39. The third-order valence-corrected chi connectivity index (χ3v) is 3.57. The molecule has 0 bridgehead atoms. The van der Waals surface area contributed by atoms with Gasteiger partial charge in [0.05, 0.1) is 0 Å². The molecule has 1 nitrogen and oxygen atoms in total. The smallest absolute Gasteiger partial charge is 0.115 e. The SMILES string of the molecule is CC(C)C.CC1(/C=C/c2ccc(O)cc2)CCCCC1. The number of rotatable bonds is 2. The summed E-state index contributed by atoms with van der Waals surface area (Å²) in [7, 11) is 0. The van der Waals surface area contributed by atoms with Crippen LogP contribution in [0.2, 0.25) is 0 Å². The molecule has 0 unspecified atom stereocenters. The fourth-order valence-corrected chi connectivity index (χ4v) is 2.41. The second kappa shape index (κ2) is 8.14. The molecule has 1 fully saturated rings. The van der Waals surface area contributed by atoms with Crippen molar-refractivity contribution < 1.29 is 5.11 Å². The summed E-state index contributed by atoms with van der Waals surface area (Å²) < 4.78 is 0. The van der Waals surface area contributed by atoms with Crippen LogP contribution in [0.3, 0.4) is 0 Å². The number of aromatic hydroxyl groups is 1. The number of phenols is 1. The third-order valence-electron chi connectivity index (χ3n) is 3.57. The lowest BCUT2D eigenvalue weighted by Gasteiger charge is -2.30. The van der Waals surface area contributed by atoms with Gasteiger partial charge in [-0.15, -0.1) is 0 Å². The maximum atomic E-state index is 9.20. The largest absolute Gasteiger partial charge is 0.508 e. The van der Waals surface area contributed by atoms with E-state index in [9.17, 15) is 5.11 Å². The first-order valence-corrected chi connectivity index (χ1v) is 7.89. The van der Waals surface area contributed by atoms with Crippen molar-refractivity contribution in [1.82, 2.24) is 0 Å². The van der Waals surface area contributed by atoms with Gasteiger partial charge in [0.25, 0.3) is 0 Å². The fourth-order valence-electron chi connectivity index (χ4n) is 2.41. The number of hydrogen-bond acceptors (Lipinski definition) is 1. The lowest BCUT2D eigenvalue weighted by Crippen LogP contribution is -2.16. The van der Waals surface area contributed by atoms with Crippen molar-refractivity contribution in [1.29, 1.82) is 0 Å². The predicted octanol–water partition coefficient (Wildman–Crippen LogP) is 6.04. The van der Waals surface area contributed by atoms with Crippen LogP contribution in [0.4, 0.5) is 0 Å². The van der Waals surface area contributed by atoms with Gasteiger partial charge in [0.1, 0.15) is 5.75 Å². The summed E-state index contributed by atoms with van der Waals surface area (Å²) in [5.74, 6) is 1.17. The first-order valence-electron chi connectivity index (χ1n) is 7.89. The molecule has 0 heterocycles. The molecule has 0 aliphatic heterocycles. The van der Waals surface area contributed by atoms with E-state index in [0.29, 0.717) is 11.2 Å². The molecule has 0 aromatic heterocycles. The first-order chi connectivity index (χ1) is 9.41. The molecule has 0 radical (unpaired) electrons. The Morgan fingerprint density at radius 1 is 1.00 bits per heavy atom. The molecule has 20 heavy (non-hydrogen) atoms. The highest BCUT2D eigenvalue weighted by atomic mass is 16.3. The van der Waals surface area contributed by atoms with E-state index in [4.69, 9.17) is 0 Å². The molecule has 1 aromatic rings. The van der Waals surface area contributed by atoms with E-state index >= 15 is 0 Å². The highest BCUT2D eigenvalue weighted by Crippen LogP contribution is 2.37. The Morgan fingerprint density at radius 3 is 2.00 bits per heavy atom. The van der Waals surface area contributed by atoms with Gasteiger partial charge >= 0.3 is 0 Å². The van der Waals surface area contributed by atoms with Crippen LogP contribution in [0, 0.1) is 11.3 Å². The summed E-state index contributed by atoms with van der Waals surface area (Å²) in [4.78, 5) is 0. The van der Waals surface area contributed by atoms with Crippen LogP contribution >= 0.6 is 0 Å². The van der Waals surface area contributed by atoms with Crippen molar-refractivity contribution in [2.24, 2.45) is 11.3 Å². The molecule has 1 aromatic carbocycles. The first kappa shape index (κ1) is 16.8. The van der Waals surface area contributed by atoms with Crippen LogP contribution in [0.1, 0.15) is 65.4 Å². The summed E-state index contributed by atoms with van der Waals surface area (Å²) in [6.45, 7) is 8.85. The molecule has 1 aliphatic rings. The number of benzene rings is 1. The van der Waals surface area contributed by atoms with Crippen molar-refractivity contribution >= 4 is 6.08 Å². The van der Waals surface area contributed by atoms with Crippen LogP contribution in [-0.2, 0) is 0 Å². The van der Waals surface area contributed by atoms with Gasteiger partial charge in [-0.2, -0.15) is 0 Å². The van der Waals surface area contributed by atoms with Crippen LogP contribution in [0.25, 0.3) is 6.08 Å². The minimum Gasteiger partial charge on any atom is -0.508 e. The number of hydrogen-bond donors (Lipinski definition) is 1. The van der Waals surface area contributed by atoms with Gasteiger partial charge in [0, 0.05) is 0 Å². The van der Waals surface area contributed by atoms with E-state index < -0.39 is 0 Å². The molecule has 2 rings (SSSR count). The second-order valence-corrected chi connectivity index (χ2v) is 6.87. The lowest BCUT2D eigenvalue weighted by atomic mass is 9.75. The zero-order valence-electron chi connectivity index (χ0n) is 13.5. The maximum Gasteiger partial charge on any atom is 0.115 e. The summed E-state index contributed by atoms with van der Waals surface area (Å²) in [5, 5.41) is 9.20. The monoisotopic (exact) mass is 274 g/mol. The summed E-state index contributed by atoms with van der Waals surface area (Å²) in [5.41, 5.74) is 1.56. The van der Waals surface area contributed by atoms with E-state index in [1.54, 1.807) is 12.1 Å². The van der Waals surface area contributed by atoms with Crippen molar-refractivity contribution in [2.45, 2.75) is 59.8 Å². The highest BCUT2D eigenvalue weighted by molar-refractivity contribution is 5.51. The topological polar surface area (TPSA) is 20.2 Å².